The van der Waals surface area contributed by atoms with Crippen LogP contribution in [0.3, 0.4) is 0 Å². The lowest BCUT2D eigenvalue weighted by atomic mass is 9.96. The Hall–Kier alpha value is -1.93. The smallest absolute Gasteiger partial charge is 0.251 e. The zero-order chi connectivity index (χ0) is 22.5. The first-order chi connectivity index (χ1) is 14.1. The molecule has 0 aromatic heterocycles. The van der Waals surface area contributed by atoms with E-state index in [4.69, 9.17) is 0 Å². The molecule has 1 aliphatic rings. The fourth-order valence-corrected chi connectivity index (χ4v) is 5.18. The Bertz CT molecular complexity index is 842. The molecule has 1 heterocycles. The van der Waals surface area contributed by atoms with Gasteiger partial charge in [0.25, 0.3) is 5.91 Å². The van der Waals surface area contributed by atoms with Crippen molar-refractivity contribution in [3.63, 3.8) is 0 Å². The van der Waals surface area contributed by atoms with E-state index in [1.807, 2.05) is 18.7 Å². The van der Waals surface area contributed by atoms with E-state index in [-0.39, 0.29) is 22.3 Å². The number of carbonyl (C=O) groups excluding carboxylic acids is 2. The first-order valence-electron chi connectivity index (χ1n) is 10.8. The van der Waals surface area contributed by atoms with Gasteiger partial charge in [-0.15, -0.1) is 0 Å². The number of amides is 2. The molecule has 0 aliphatic carbocycles. The van der Waals surface area contributed by atoms with Crippen molar-refractivity contribution < 1.29 is 18.0 Å². The van der Waals surface area contributed by atoms with Gasteiger partial charge in [-0.1, -0.05) is 40.7 Å². The number of benzene rings is 1. The minimum Gasteiger partial charge on any atom is -0.341 e. The summed E-state index contributed by atoms with van der Waals surface area (Å²) in [5.74, 6) is 0.0150. The Kier molecular flexibility index (Phi) is 8.43. The lowest BCUT2D eigenvalue weighted by molar-refractivity contribution is -0.135. The number of carbonyl (C=O) groups is 2. The standard InChI is InChI=1S/C22H35N3O4S/c1-6-25(7-2)30(28,29)19-10-8-9-18(15-19)21(26)23-20(16(3)4)22(27)24-13-11-17(5)12-14-24/h8-10,15-17,20H,6-7,11-14H2,1-5H3,(H,23,26)/t20-/m0/s1. The molecule has 168 valence electrons. The molecule has 0 spiro atoms. The van der Waals surface area contributed by atoms with Crippen LogP contribution in [0.15, 0.2) is 29.2 Å². The van der Waals surface area contributed by atoms with E-state index in [1.54, 1.807) is 26.0 Å². The summed E-state index contributed by atoms with van der Waals surface area (Å²) in [4.78, 5) is 27.8. The summed E-state index contributed by atoms with van der Waals surface area (Å²) in [7, 11) is -3.66. The molecule has 1 aromatic carbocycles. The molecule has 0 radical (unpaired) electrons. The van der Waals surface area contributed by atoms with Gasteiger partial charge in [0.15, 0.2) is 0 Å². The zero-order valence-corrected chi connectivity index (χ0v) is 19.5. The number of nitrogens with zero attached hydrogens (tertiary/aromatic N) is 2. The van der Waals surface area contributed by atoms with Crippen LogP contribution in [-0.2, 0) is 14.8 Å². The fourth-order valence-electron chi connectivity index (χ4n) is 3.67. The second-order valence-corrected chi connectivity index (χ2v) is 10.3. The van der Waals surface area contributed by atoms with Gasteiger partial charge in [-0.05, 0) is 42.9 Å². The Balaban J connectivity index is 2.20. The number of rotatable bonds is 8. The van der Waals surface area contributed by atoms with E-state index < -0.39 is 22.0 Å². The number of likely N-dealkylation sites (tertiary alicyclic amines) is 1. The van der Waals surface area contributed by atoms with Crippen LogP contribution in [0.1, 0.15) is 57.8 Å². The van der Waals surface area contributed by atoms with Crippen LogP contribution >= 0.6 is 0 Å². The summed E-state index contributed by atoms with van der Waals surface area (Å²) >= 11 is 0. The van der Waals surface area contributed by atoms with Gasteiger partial charge in [-0.3, -0.25) is 9.59 Å². The third kappa shape index (κ3) is 5.60. The first kappa shape index (κ1) is 24.3. The van der Waals surface area contributed by atoms with Crippen LogP contribution in [0.25, 0.3) is 0 Å². The van der Waals surface area contributed by atoms with Crippen LogP contribution in [-0.4, -0.2) is 61.7 Å². The second kappa shape index (κ2) is 10.4. The van der Waals surface area contributed by atoms with E-state index in [0.29, 0.717) is 32.1 Å². The topological polar surface area (TPSA) is 86.8 Å². The lowest BCUT2D eigenvalue weighted by Crippen LogP contribution is -2.52. The maximum atomic E-state index is 13.0. The highest BCUT2D eigenvalue weighted by molar-refractivity contribution is 7.89. The van der Waals surface area contributed by atoms with Crippen LogP contribution in [0.5, 0.6) is 0 Å². The molecular weight excluding hydrogens is 402 g/mol. The summed E-state index contributed by atoms with van der Waals surface area (Å²) in [5.41, 5.74) is 0.231. The van der Waals surface area contributed by atoms with Crippen molar-refractivity contribution in [2.24, 2.45) is 11.8 Å². The number of hydrogen-bond donors (Lipinski definition) is 1. The molecule has 0 saturated carbocycles. The molecule has 30 heavy (non-hydrogen) atoms. The van der Waals surface area contributed by atoms with Crippen LogP contribution in [0.4, 0.5) is 0 Å². The molecule has 7 nitrogen and oxygen atoms in total. The van der Waals surface area contributed by atoms with Crippen molar-refractivity contribution in [2.75, 3.05) is 26.2 Å². The lowest BCUT2D eigenvalue weighted by Gasteiger charge is -2.34. The first-order valence-corrected chi connectivity index (χ1v) is 12.3. The van der Waals surface area contributed by atoms with Crippen molar-refractivity contribution in [2.45, 2.75) is 58.4 Å². The van der Waals surface area contributed by atoms with E-state index >= 15 is 0 Å². The van der Waals surface area contributed by atoms with Crippen molar-refractivity contribution in [3.8, 4) is 0 Å². The van der Waals surface area contributed by atoms with Gasteiger partial charge in [-0.25, -0.2) is 8.42 Å². The molecule has 2 amide bonds. The fraction of sp³-hybridized carbons (Fsp3) is 0.636. The summed E-state index contributed by atoms with van der Waals surface area (Å²) in [6, 6.07) is 5.36. The van der Waals surface area contributed by atoms with Gasteiger partial charge in [0.1, 0.15) is 6.04 Å². The third-order valence-electron chi connectivity index (χ3n) is 5.75. The number of piperidine rings is 1. The molecular formula is C22H35N3O4S. The monoisotopic (exact) mass is 437 g/mol. The highest BCUT2D eigenvalue weighted by Crippen LogP contribution is 2.20. The van der Waals surface area contributed by atoms with Crippen LogP contribution in [0.2, 0.25) is 0 Å². The quantitative estimate of drug-likeness (QED) is 0.677. The summed E-state index contributed by atoms with van der Waals surface area (Å²) in [6.07, 6.45) is 1.94. The van der Waals surface area contributed by atoms with Crippen molar-refractivity contribution in [1.29, 1.82) is 0 Å². The predicted octanol–water partition coefficient (Wildman–Crippen LogP) is 2.73. The molecule has 1 fully saturated rings. The van der Waals surface area contributed by atoms with Gasteiger partial charge in [0.05, 0.1) is 4.90 Å². The molecule has 8 heteroatoms. The van der Waals surface area contributed by atoms with E-state index in [2.05, 4.69) is 12.2 Å². The SMILES string of the molecule is CCN(CC)S(=O)(=O)c1cccc(C(=O)N[C@H](C(=O)N2CCC(C)CC2)C(C)C)c1. The van der Waals surface area contributed by atoms with Gasteiger partial charge in [0, 0.05) is 31.7 Å². The largest absolute Gasteiger partial charge is 0.341 e. The molecule has 1 aromatic rings. The molecule has 1 saturated heterocycles. The van der Waals surface area contributed by atoms with Crippen LogP contribution in [0, 0.1) is 11.8 Å². The normalized spacial score (nSPS) is 16.7. The molecule has 1 aliphatic heterocycles. The number of nitrogens with one attached hydrogen (secondary N) is 1. The highest BCUT2D eigenvalue weighted by atomic mass is 32.2. The van der Waals surface area contributed by atoms with Gasteiger partial charge >= 0.3 is 0 Å². The van der Waals surface area contributed by atoms with E-state index in [1.165, 1.54) is 16.4 Å². The molecule has 1 atom stereocenters. The molecule has 0 bridgehead atoms. The van der Waals surface area contributed by atoms with Crippen molar-refractivity contribution >= 4 is 21.8 Å². The highest BCUT2D eigenvalue weighted by Gasteiger charge is 2.31. The summed E-state index contributed by atoms with van der Waals surface area (Å²) in [6.45, 7) is 11.7. The van der Waals surface area contributed by atoms with E-state index in [9.17, 15) is 18.0 Å². The van der Waals surface area contributed by atoms with E-state index in [0.717, 1.165) is 12.8 Å². The minimum absolute atomic E-state index is 0.0721. The van der Waals surface area contributed by atoms with Gasteiger partial charge in [0.2, 0.25) is 15.9 Å². The Morgan fingerprint density at radius 1 is 1.17 bits per heavy atom. The third-order valence-corrected chi connectivity index (χ3v) is 7.80. The Morgan fingerprint density at radius 3 is 2.30 bits per heavy atom. The number of hydrogen-bond acceptors (Lipinski definition) is 4. The zero-order valence-electron chi connectivity index (χ0n) is 18.7. The number of sulfonamides is 1. The average Bonchev–Trinajstić information content (AvgIpc) is 2.72. The van der Waals surface area contributed by atoms with Crippen molar-refractivity contribution in [1.82, 2.24) is 14.5 Å². The predicted molar refractivity (Wildman–Crippen MR) is 118 cm³/mol. The van der Waals surface area contributed by atoms with Crippen molar-refractivity contribution in [3.05, 3.63) is 29.8 Å². The minimum atomic E-state index is -3.66. The summed E-state index contributed by atoms with van der Waals surface area (Å²) < 4.78 is 26.9. The maximum Gasteiger partial charge on any atom is 0.251 e. The van der Waals surface area contributed by atoms with Gasteiger partial charge < -0.3 is 10.2 Å². The second-order valence-electron chi connectivity index (χ2n) is 8.32. The Labute approximate surface area is 180 Å². The molecule has 0 unspecified atom stereocenters. The average molecular weight is 438 g/mol. The summed E-state index contributed by atoms with van der Waals surface area (Å²) in [5, 5.41) is 2.84. The molecule has 2 rings (SSSR count). The Morgan fingerprint density at radius 2 is 1.77 bits per heavy atom. The molecule has 1 N–H and O–H groups in total. The van der Waals surface area contributed by atoms with Crippen LogP contribution < -0.4 is 5.32 Å². The maximum absolute atomic E-state index is 13.0. The van der Waals surface area contributed by atoms with Gasteiger partial charge in [-0.2, -0.15) is 4.31 Å².